The highest BCUT2D eigenvalue weighted by atomic mass is 15.2. The van der Waals surface area contributed by atoms with Crippen LogP contribution in [0.3, 0.4) is 0 Å². The molecule has 0 spiro atoms. The van der Waals surface area contributed by atoms with Crippen molar-refractivity contribution in [1.29, 1.82) is 0 Å². The Kier molecular flexibility index (Phi) is 6.95. The number of nitrogens with zero attached hydrogens (tertiary/aromatic N) is 6. The zero-order valence-electron chi connectivity index (χ0n) is 30.9. The van der Waals surface area contributed by atoms with E-state index in [0.29, 0.717) is 11.8 Å². The van der Waals surface area contributed by atoms with Crippen molar-refractivity contribution in [2.75, 3.05) is 0 Å². The molecule has 1 atom stereocenters. The van der Waals surface area contributed by atoms with Crippen LogP contribution >= 0.6 is 0 Å². The van der Waals surface area contributed by atoms with Gasteiger partial charge in [-0.05, 0) is 73.2 Å². The van der Waals surface area contributed by atoms with Crippen molar-refractivity contribution in [2.45, 2.75) is 12.3 Å². The molecule has 0 N–H and O–H groups in total. The molecule has 0 fully saturated rings. The molecule has 0 saturated carbocycles. The molecule has 0 amide bonds. The van der Waals surface area contributed by atoms with Crippen LogP contribution in [0.4, 0.5) is 0 Å². The van der Waals surface area contributed by atoms with Gasteiger partial charge in [0.15, 0.2) is 5.82 Å². The number of rotatable bonds is 5. The van der Waals surface area contributed by atoms with E-state index in [0.717, 1.165) is 45.7 Å². The van der Waals surface area contributed by atoms with Gasteiger partial charge in [-0.25, -0.2) is 4.98 Å². The van der Waals surface area contributed by atoms with Gasteiger partial charge in [0.1, 0.15) is 5.82 Å². The molecular weight excluding hydrogens is 697 g/mol. The molecule has 12 rings (SSSR count). The summed E-state index contributed by atoms with van der Waals surface area (Å²) in [5, 5.41) is 7.26. The van der Waals surface area contributed by atoms with Gasteiger partial charge in [0.2, 0.25) is 5.95 Å². The van der Waals surface area contributed by atoms with E-state index in [1.54, 1.807) is 0 Å². The molecule has 6 heteroatoms. The molecule has 6 nitrogen and oxygen atoms in total. The molecule has 4 heterocycles. The molecule has 0 bridgehead atoms. The maximum atomic E-state index is 5.23. The van der Waals surface area contributed by atoms with Crippen molar-refractivity contribution >= 4 is 65.4 Å². The molecule has 11 aromatic rings. The van der Waals surface area contributed by atoms with Crippen LogP contribution in [0.25, 0.3) is 94.1 Å². The fourth-order valence-electron chi connectivity index (χ4n) is 9.08. The van der Waals surface area contributed by atoms with Crippen LogP contribution in [0.1, 0.15) is 18.2 Å². The van der Waals surface area contributed by atoms with Crippen molar-refractivity contribution in [3.63, 3.8) is 0 Å². The number of hydrogen-bond acceptors (Lipinski definition) is 3. The van der Waals surface area contributed by atoms with Gasteiger partial charge in [-0.15, -0.1) is 0 Å². The van der Waals surface area contributed by atoms with Crippen LogP contribution in [0, 0.1) is 0 Å². The molecule has 1 aliphatic rings. The quantitative estimate of drug-likeness (QED) is 0.177. The zero-order chi connectivity index (χ0) is 37.5. The summed E-state index contributed by atoms with van der Waals surface area (Å²) in [7, 11) is 0. The number of benzene rings is 7. The lowest BCUT2D eigenvalue weighted by Gasteiger charge is -2.15. The fourth-order valence-corrected chi connectivity index (χ4v) is 9.08. The minimum Gasteiger partial charge on any atom is -0.309 e. The van der Waals surface area contributed by atoms with Gasteiger partial charge < -0.3 is 9.13 Å². The molecule has 0 radical (unpaired) electrons. The summed E-state index contributed by atoms with van der Waals surface area (Å²) in [5.41, 5.74) is 10.0. The van der Waals surface area contributed by atoms with E-state index in [1.165, 1.54) is 48.9 Å². The Hall–Kier alpha value is -7.57. The van der Waals surface area contributed by atoms with Gasteiger partial charge >= 0.3 is 0 Å². The fraction of sp³-hybridized carbons (Fsp3) is 0.0392. The third-order valence-corrected chi connectivity index (χ3v) is 11.6. The molecule has 4 aromatic heterocycles. The van der Waals surface area contributed by atoms with Crippen LogP contribution in [-0.4, -0.2) is 28.7 Å². The number of hydrogen-bond donors (Lipinski definition) is 0. The molecule has 1 unspecified atom stereocenters. The lowest BCUT2D eigenvalue weighted by molar-refractivity contribution is 0.750. The van der Waals surface area contributed by atoms with Crippen LogP contribution in [-0.2, 0) is 0 Å². The van der Waals surface area contributed by atoms with Crippen molar-refractivity contribution in [3.8, 4) is 28.7 Å². The van der Waals surface area contributed by atoms with Crippen LogP contribution in [0.5, 0.6) is 0 Å². The first kappa shape index (κ1) is 31.7. The van der Waals surface area contributed by atoms with Gasteiger partial charge in [0.25, 0.3) is 0 Å². The molecule has 1 aliphatic carbocycles. The SMILES string of the molecule is C1=CCC(c2nc(-c3ccc(-n4c5ccccc5c5ccc6c(c7ccccc7n6-c6ccccc6)c54)cc3)nc(-n3c4ccccc4c4ccccc43)n2)C=C1. The van der Waals surface area contributed by atoms with Crippen molar-refractivity contribution in [3.05, 3.63) is 194 Å². The second-order valence-corrected chi connectivity index (χ2v) is 14.8. The third kappa shape index (κ3) is 4.80. The van der Waals surface area contributed by atoms with E-state index in [9.17, 15) is 0 Å². The van der Waals surface area contributed by atoms with E-state index < -0.39 is 0 Å². The van der Waals surface area contributed by atoms with Crippen molar-refractivity contribution < 1.29 is 0 Å². The Bertz CT molecular complexity index is 3380. The normalized spacial score (nSPS) is 14.3. The highest BCUT2D eigenvalue weighted by Crippen LogP contribution is 2.42. The van der Waals surface area contributed by atoms with Crippen LogP contribution in [0.2, 0.25) is 0 Å². The highest BCUT2D eigenvalue weighted by molar-refractivity contribution is 6.26. The van der Waals surface area contributed by atoms with E-state index in [-0.39, 0.29) is 5.92 Å². The van der Waals surface area contributed by atoms with Crippen LogP contribution < -0.4 is 0 Å². The van der Waals surface area contributed by atoms with Crippen LogP contribution in [0.15, 0.2) is 188 Å². The van der Waals surface area contributed by atoms with E-state index in [2.05, 4.69) is 202 Å². The molecule has 0 aliphatic heterocycles. The average Bonchev–Trinajstić information content (AvgIpc) is 3.93. The Balaban J connectivity index is 1.07. The number of allylic oxidation sites excluding steroid dienone is 4. The number of fused-ring (bicyclic) bond motifs is 10. The summed E-state index contributed by atoms with van der Waals surface area (Å²) in [4.78, 5) is 15.6. The minimum absolute atomic E-state index is 0.0564. The summed E-state index contributed by atoms with van der Waals surface area (Å²) in [6.07, 6.45) is 9.40. The van der Waals surface area contributed by atoms with Crippen molar-refractivity contribution in [1.82, 2.24) is 28.7 Å². The molecule has 268 valence electrons. The Morgan fingerprint density at radius 3 is 1.67 bits per heavy atom. The standard InChI is InChI=1S/C51H34N6/c1-3-15-33(16-4-1)49-52-50(54-51(53-49)57-43-24-12-7-19-37(43)38-20-8-13-25-44(38)57)34-27-29-36(30-28-34)56-42-23-11-9-21-39(42)40-31-32-46-47(48(40)56)41-22-10-14-26-45(41)55(46)35-17-5-2-6-18-35/h1-15,17-33H,16H2. The Labute approximate surface area is 327 Å². The summed E-state index contributed by atoms with van der Waals surface area (Å²) >= 11 is 0. The predicted octanol–water partition coefficient (Wildman–Crippen LogP) is 12.4. The first-order valence-electron chi connectivity index (χ1n) is 19.5. The highest BCUT2D eigenvalue weighted by Gasteiger charge is 2.23. The molecule has 57 heavy (non-hydrogen) atoms. The summed E-state index contributed by atoms with van der Waals surface area (Å²) in [5.74, 6) is 2.10. The predicted molar refractivity (Wildman–Crippen MR) is 234 cm³/mol. The summed E-state index contributed by atoms with van der Waals surface area (Å²) < 4.78 is 7.00. The lowest BCUT2D eigenvalue weighted by Crippen LogP contribution is -2.11. The van der Waals surface area contributed by atoms with Gasteiger partial charge in [0.05, 0.1) is 33.1 Å². The molecule has 0 saturated heterocycles. The number of para-hydroxylation sites is 5. The number of aromatic nitrogens is 6. The van der Waals surface area contributed by atoms with E-state index in [4.69, 9.17) is 15.0 Å². The van der Waals surface area contributed by atoms with Crippen molar-refractivity contribution in [2.24, 2.45) is 0 Å². The van der Waals surface area contributed by atoms with Gasteiger partial charge in [-0.1, -0.05) is 121 Å². The summed E-state index contributed by atoms with van der Waals surface area (Å²) in [6.45, 7) is 0. The monoisotopic (exact) mass is 730 g/mol. The largest absolute Gasteiger partial charge is 0.309 e. The molecular formula is C51H34N6. The first-order valence-corrected chi connectivity index (χ1v) is 19.5. The maximum Gasteiger partial charge on any atom is 0.238 e. The van der Waals surface area contributed by atoms with E-state index in [1.807, 2.05) is 0 Å². The van der Waals surface area contributed by atoms with Gasteiger partial charge in [0, 0.05) is 55.2 Å². The topological polar surface area (TPSA) is 53.5 Å². The Morgan fingerprint density at radius 2 is 1.00 bits per heavy atom. The second kappa shape index (κ2) is 12.5. The van der Waals surface area contributed by atoms with Gasteiger partial charge in [-0.3, -0.25) is 4.57 Å². The zero-order valence-corrected chi connectivity index (χ0v) is 30.9. The first-order chi connectivity index (χ1) is 28.3. The second-order valence-electron chi connectivity index (χ2n) is 14.8. The Morgan fingerprint density at radius 1 is 0.421 bits per heavy atom. The average molecular weight is 731 g/mol. The summed E-state index contributed by atoms with van der Waals surface area (Å²) in [6, 6.07) is 58.5. The lowest BCUT2D eigenvalue weighted by atomic mass is 10.00. The van der Waals surface area contributed by atoms with Gasteiger partial charge in [-0.2, -0.15) is 9.97 Å². The minimum atomic E-state index is 0.0564. The van der Waals surface area contributed by atoms with E-state index >= 15 is 0 Å². The smallest absolute Gasteiger partial charge is 0.238 e. The molecule has 7 aromatic carbocycles. The third-order valence-electron chi connectivity index (χ3n) is 11.6. The maximum absolute atomic E-state index is 5.23.